The van der Waals surface area contributed by atoms with Gasteiger partial charge in [-0.05, 0) is 12.1 Å². The molecule has 1 aromatic carbocycles. The summed E-state index contributed by atoms with van der Waals surface area (Å²) in [6, 6.07) is 3.33. The van der Waals surface area contributed by atoms with Gasteiger partial charge >= 0.3 is 0 Å². The number of anilines is 1. The number of amides is 1. The van der Waals surface area contributed by atoms with Crippen LogP contribution in [0, 0.1) is 11.6 Å². The molecule has 190 valence electrons. The molecular weight excluding hydrogens is 470 g/mol. The molecule has 1 saturated heterocycles. The Bertz CT molecular complexity index is 1260. The molecule has 0 spiro atoms. The predicted molar refractivity (Wildman–Crippen MR) is 127 cm³/mol. The number of carbonyl (C=O) groups is 1. The number of hydrogen-bond donors (Lipinski definition) is 1. The predicted octanol–water partition coefficient (Wildman–Crippen LogP) is 2.56. The molecule has 2 aliphatic heterocycles. The highest BCUT2D eigenvalue weighted by atomic mass is 19.1. The number of aliphatic hydroxyl groups excluding tert-OH is 1. The van der Waals surface area contributed by atoms with Crippen molar-refractivity contribution in [2.75, 3.05) is 31.1 Å². The second kappa shape index (κ2) is 10.2. The number of nitrogens with zero attached hydrogens (tertiary/aromatic N) is 6. The first-order valence-corrected chi connectivity index (χ1v) is 12.1. The number of aliphatic hydroxyl groups is 1. The minimum Gasteiger partial charge on any atom is -0.487 e. The minimum atomic E-state index is -0.709. The van der Waals surface area contributed by atoms with Crippen LogP contribution >= 0.6 is 0 Å². The van der Waals surface area contributed by atoms with Gasteiger partial charge in [0.15, 0.2) is 17.4 Å². The summed E-state index contributed by atoms with van der Waals surface area (Å²) in [5, 5.41) is 13.6. The van der Waals surface area contributed by atoms with Gasteiger partial charge < -0.3 is 19.6 Å². The van der Waals surface area contributed by atoms with E-state index in [1.54, 1.807) is 22.7 Å². The zero-order valence-electron chi connectivity index (χ0n) is 20.0. The van der Waals surface area contributed by atoms with Gasteiger partial charge in [-0.3, -0.25) is 9.48 Å². The van der Waals surface area contributed by atoms with E-state index in [9.17, 15) is 18.7 Å². The minimum absolute atomic E-state index is 0.00325. The van der Waals surface area contributed by atoms with Gasteiger partial charge in [-0.25, -0.2) is 18.7 Å². The van der Waals surface area contributed by atoms with E-state index in [-0.39, 0.29) is 24.4 Å². The monoisotopic (exact) mass is 498 g/mol. The maximum atomic E-state index is 14.0. The van der Waals surface area contributed by atoms with E-state index >= 15 is 0 Å². The molecule has 36 heavy (non-hydrogen) atoms. The number of hydrogen-bond acceptors (Lipinski definition) is 7. The second-order valence-corrected chi connectivity index (χ2v) is 9.07. The maximum Gasteiger partial charge on any atom is 0.219 e. The third kappa shape index (κ3) is 5.01. The number of fused-ring (bicyclic) bond motifs is 1. The molecule has 0 aliphatic carbocycles. The van der Waals surface area contributed by atoms with Crippen molar-refractivity contribution in [3.8, 4) is 17.0 Å². The van der Waals surface area contributed by atoms with Crippen LogP contribution in [0.5, 0.6) is 5.75 Å². The van der Waals surface area contributed by atoms with Crippen LogP contribution < -0.4 is 9.64 Å². The average Bonchev–Trinajstić information content (AvgIpc) is 3.34. The van der Waals surface area contributed by atoms with Gasteiger partial charge in [0.05, 0.1) is 37.3 Å². The van der Waals surface area contributed by atoms with E-state index < -0.39 is 11.6 Å². The summed E-state index contributed by atoms with van der Waals surface area (Å²) in [6.07, 6.45) is 5.23. The van der Waals surface area contributed by atoms with Crippen molar-refractivity contribution in [2.24, 2.45) is 0 Å². The summed E-state index contributed by atoms with van der Waals surface area (Å²) < 4.78 is 34.7. The third-order valence-corrected chi connectivity index (χ3v) is 6.60. The maximum absolute atomic E-state index is 14.0. The number of aromatic nitrogens is 4. The summed E-state index contributed by atoms with van der Waals surface area (Å²) in [4.78, 5) is 25.8. The molecule has 5 rings (SSSR count). The van der Waals surface area contributed by atoms with Crippen LogP contribution in [0.4, 0.5) is 14.6 Å². The smallest absolute Gasteiger partial charge is 0.219 e. The lowest BCUT2D eigenvalue weighted by Gasteiger charge is -2.35. The molecule has 3 aromatic rings. The fraction of sp³-hybridized carbons (Fsp3) is 0.440. The van der Waals surface area contributed by atoms with Crippen molar-refractivity contribution in [3.63, 3.8) is 0 Å². The molecule has 2 aromatic heterocycles. The average molecular weight is 499 g/mol. The summed E-state index contributed by atoms with van der Waals surface area (Å²) >= 11 is 0. The van der Waals surface area contributed by atoms with E-state index in [1.807, 2.05) is 6.20 Å². The van der Waals surface area contributed by atoms with E-state index in [0.29, 0.717) is 57.7 Å². The molecule has 11 heteroatoms. The first kappa shape index (κ1) is 24.1. The van der Waals surface area contributed by atoms with Crippen molar-refractivity contribution in [3.05, 3.63) is 53.6 Å². The van der Waals surface area contributed by atoms with E-state index in [4.69, 9.17) is 14.7 Å². The lowest BCUT2D eigenvalue weighted by molar-refractivity contribution is -0.129. The normalized spacial score (nSPS) is 16.2. The SMILES string of the molecule is CC(=O)N1CCc2nc(N3CCC(Oc4ccc(F)cc4F)CC3)c(-c3cnn(CCO)c3)nc2C1. The number of ether oxygens (including phenoxy) is 1. The summed E-state index contributed by atoms with van der Waals surface area (Å²) in [5.74, 6) is -0.555. The van der Waals surface area contributed by atoms with Gasteiger partial charge in [-0.15, -0.1) is 0 Å². The standard InChI is InChI=1S/C25H28F2N6O3/c1-16(35)32-9-6-21-22(15-32)29-24(17-13-28-33(14-17)10-11-34)25(30-21)31-7-4-19(5-8-31)36-23-3-2-18(26)12-20(23)27/h2-3,12-14,19,34H,4-11,15H2,1H3. The Morgan fingerprint density at radius 1 is 1.17 bits per heavy atom. The highest BCUT2D eigenvalue weighted by Crippen LogP contribution is 2.33. The number of rotatable bonds is 6. The Morgan fingerprint density at radius 3 is 2.69 bits per heavy atom. The zero-order chi connectivity index (χ0) is 25.2. The zero-order valence-corrected chi connectivity index (χ0v) is 20.0. The van der Waals surface area contributed by atoms with Crippen LogP contribution in [0.1, 0.15) is 31.2 Å². The Morgan fingerprint density at radius 2 is 1.97 bits per heavy atom. The molecular formula is C25H28F2N6O3. The Hall–Kier alpha value is -3.60. The molecule has 1 fully saturated rings. The van der Waals surface area contributed by atoms with E-state index in [2.05, 4.69) is 10.00 Å². The Labute approximate surface area is 207 Å². The van der Waals surface area contributed by atoms with Crippen molar-refractivity contribution in [1.82, 2.24) is 24.6 Å². The van der Waals surface area contributed by atoms with E-state index in [1.165, 1.54) is 12.1 Å². The molecule has 9 nitrogen and oxygen atoms in total. The fourth-order valence-electron chi connectivity index (χ4n) is 4.65. The molecule has 0 unspecified atom stereocenters. The van der Waals surface area contributed by atoms with Gasteiger partial charge in [0.2, 0.25) is 5.91 Å². The Kier molecular flexibility index (Phi) is 6.82. The number of halogens is 2. The van der Waals surface area contributed by atoms with Crippen LogP contribution in [0.15, 0.2) is 30.6 Å². The van der Waals surface area contributed by atoms with Crippen molar-refractivity contribution in [2.45, 2.75) is 45.4 Å². The lowest BCUT2D eigenvalue weighted by Crippen LogP contribution is -2.40. The van der Waals surface area contributed by atoms with Crippen LogP contribution in [-0.4, -0.2) is 68.0 Å². The number of benzene rings is 1. The first-order valence-electron chi connectivity index (χ1n) is 12.1. The summed E-state index contributed by atoms with van der Waals surface area (Å²) in [5.41, 5.74) is 3.10. The molecule has 0 radical (unpaired) electrons. The summed E-state index contributed by atoms with van der Waals surface area (Å²) in [7, 11) is 0. The Balaban J connectivity index is 1.39. The third-order valence-electron chi connectivity index (χ3n) is 6.60. The quantitative estimate of drug-likeness (QED) is 0.558. The molecule has 1 N–H and O–H groups in total. The van der Waals surface area contributed by atoms with E-state index in [0.717, 1.165) is 28.8 Å². The van der Waals surface area contributed by atoms with Crippen LogP contribution in [0.3, 0.4) is 0 Å². The highest BCUT2D eigenvalue weighted by Gasteiger charge is 2.29. The van der Waals surface area contributed by atoms with Gasteiger partial charge in [0.25, 0.3) is 0 Å². The highest BCUT2D eigenvalue weighted by molar-refractivity contribution is 5.74. The molecule has 2 aliphatic rings. The van der Waals surface area contributed by atoms with Gasteiger partial charge in [0.1, 0.15) is 17.6 Å². The van der Waals surface area contributed by atoms with Crippen LogP contribution in [0.2, 0.25) is 0 Å². The van der Waals surface area contributed by atoms with Crippen LogP contribution in [0.25, 0.3) is 11.3 Å². The lowest BCUT2D eigenvalue weighted by atomic mass is 10.1. The summed E-state index contributed by atoms with van der Waals surface area (Å²) in [6.45, 7) is 4.15. The van der Waals surface area contributed by atoms with Crippen molar-refractivity contribution >= 4 is 11.7 Å². The fourth-order valence-corrected chi connectivity index (χ4v) is 4.65. The molecule has 0 bridgehead atoms. The topological polar surface area (TPSA) is 96.6 Å². The van der Waals surface area contributed by atoms with Crippen molar-refractivity contribution < 1.29 is 23.4 Å². The van der Waals surface area contributed by atoms with Crippen molar-refractivity contribution in [1.29, 1.82) is 0 Å². The van der Waals surface area contributed by atoms with Gasteiger partial charge in [-0.1, -0.05) is 0 Å². The van der Waals surface area contributed by atoms with Crippen LogP contribution in [-0.2, 0) is 24.3 Å². The molecule has 1 amide bonds. The number of piperidine rings is 1. The first-order chi connectivity index (χ1) is 17.4. The largest absolute Gasteiger partial charge is 0.487 e. The molecule has 4 heterocycles. The van der Waals surface area contributed by atoms with Gasteiger partial charge in [-0.2, -0.15) is 5.10 Å². The molecule has 0 atom stereocenters. The number of carbonyl (C=O) groups excluding carboxylic acids is 1. The van der Waals surface area contributed by atoms with Gasteiger partial charge in [0, 0.05) is 63.6 Å². The molecule has 0 saturated carbocycles. The second-order valence-electron chi connectivity index (χ2n) is 9.07.